The molecule has 172 valence electrons. The molecule has 2 atom stereocenters. The molecule has 6 nitrogen and oxygen atoms in total. The predicted octanol–water partition coefficient (Wildman–Crippen LogP) is 3.81. The van der Waals surface area contributed by atoms with E-state index in [1.165, 1.54) is 5.56 Å². The van der Waals surface area contributed by atoms with Crippen LogP contribution in [0.2, 0.25) is 0 Å². The van der Waals surface area contributed by atoms with Crippen molar-refractivity contribution in [1.82, 2.24) is 5.32 Å². The monoisotopic (exact) mass is 444 g/mol. The lowest BCUT2D eigenvalue weighted by atomic mass is 9.97. The Morgan fingerprint density at radius 1 is 0.970 bits per heavy atom. The first kappa shape index (κ1) is 22.9. The summed E-state index contributed by atoms with van der Waals surface area (Å²) in [6.45, 7) is 2.56. The lowest BCUT2D eigenvalue weighted by molar-refractivity contribution is 0.175. The highest BCUT2D eigenvalue weighted by molar-refractivity contribution is 5.77. The van der Waals surface area contributed by atoms with E-state index < -0.39 is 6.10 Å². The molecule has 1 aliphatic heterocycles. The van der Waals surface area contributed by atoms with Crippen LogP contribution in [0.25, 0.3) is 6.08 Å². The summed E-state index contributed by atoms with van der Waals surface area (Å²) in [7, 11) is 0. The molecule has 0 fully saturated rings. The number of nitrogens with one attached hydrogen (secondary N) is 3. The zero-order valence-corrected chi connectivity index (χ0v) is 18.7. The van der Waals surface area contributed by atoms with E-state index in [-0.39, 0.29) is 11.8 Å². The van der Waals surface area contributed by atoms with Crippen molar-refractivity contribution >= 4 is 17.5 Å². The van der Waals surface area contributed by atoms with Crippen LogP contribution in [0.3, 0.4) is 0 Å². The van der Waals surface area contributed by atoms with E-state index in [0.29, 0.717) is 25.3 Å². The number of aliphatic hydroxyl groups excluding tert-OH is 1. The first-order chi connectivity index (χ1) is 16.1. The van der Waals surface area contributed by atoms with Crippen molar-refractivity contribution in [2.45, 2.75) is 18.6 Å². The van der Waals surface area contributed by atoms with E-state index in [4.69, 9.17) is 5.73 Å². The van der Waals surface area contributed by atoms with E-state index in [2.05, 4.69) is 40.2 Å². The maximum atomic E-state index is 10.7. The van der Waals surface area contributed by atoms with Crippen LogP contribution < -0.4 is 21.7 Å². The van der Waals surface area contributed by atoms with E-state index in [9.17, 15) is 10.2 Å². The average molecular weight is 445 g/mol. The van der Waals surface area contributed by atoms with Gasteiger partial charge >= 0.3 is 0 Å². The summed E-state index contributed by atoms with van der Waals surface area (Å²) in [4.78, 5) is 0. The van der Waals surface area contributed by atoms with Crippen molar-refractivity contribution in [3.05, 3.63) is 95.1 Å². The van der Waals surface area contributed by atoms with Crippen LogP contribution in [0, 0.1) is 0 Å². The lowest BCUT2D eigenvalue weighted by Crippen LogP contribution is -2.24. The number of nitrogens with two attached hydrogens (primary N) is 1. The molecule has 0 radical (unpaired) electrons. The number of hydrogen-bond donors (Lipinski definition) is 6. The van der Waals surface area contributed by atoms with Gasteiger partial charge in [-0.25, -0.2) is 0 Å². The van der Waals surface area contributed by atoms with E-state index in [0.717, 1.165) is 35.3 Å². The molecule has 0 bridgehead atoms. The molecule has 3 aromatic carbocycles. The fourth-order valence-electron chi connectivity index (χ4n) is 4.03. The van der Waals surface area contributed by atoms with Gasteiger partial charge in [0, 0.05) is 36.9 Å². The third-order valence-electron chi connectivity index (χ3n) is 5.93. The molecule has 1 heterocycles. The molecule has 7 N–H and O–H groups in total. The van der Waals surface area contributed by atoms with Gasteiger partial charge in [-0.15, -0.1) is 0 Å². The molecule has 0 aromatic heterocycles. The molecule has 3 aromatic rings. The number of phenolic OH excluding ortho intramolecular Hbond substituents is 1. The van der Waals surface area contributed by atoms with Crippen molar-refractivity contribution in [1.29, 1.82) is 0 Å². The van der Waals surface area contributed by atoms with Crippen LogP contribution in [-0.4, -0.2) is 36.4 Å². The van der Waals surface area contributed by atoms with Gasteiger partial charge in [0.25, 0.3) is 0 Å². The Kier molecular flexibility index (Phi) is 7.62. The van der Waals surface area contributed by atoms with Gasteiger partial charge in [0.2, 0.25) is 0 Å². The minimum Gasteiger partial charge on any atom is -0.506 e. The van der Waals surface area contributed by atoms with Gasteiger partial charge in [-0.05, 0) is 47.9 Å². The summed E-state index contributed by atoms with van der Waals surface area (Å²) in [5.74, 6) is 0.207. The molecule has 0 spiro atoms. The van der Waals surface area contributed by atoms with Crippen LogP contribution in [0.4, 0.5) is 11.4 Å². The Morgan fingerprint density at radius 3 is 2.55 bits per heavy atom. The zero-order chi connectivity index (χ0) is 23.0. The first-order valence-corrected chi connectivity index (χ1v) is 11.4. The van der Waals surface area contributed by atoms with Gasteiger partial charge in [0.05, 0.1) is 11.8 Å². The number of hydrogen-bond acceptors (Lipinski definition) is 6. The molecule has 0 saturated heterocycles. The number of anilines is 2. The second kappa shape index (κ2) is 11.0. The Labute approximate surface area is 195 Å². The summed E-state index contributed by atoms with van der Waals surface area (Å²) in [5, 5.41) is 30.6. The minimum atomic E-state index is -0.649. The Balaban J connectivity index is 1.22. The van der Waals surface area contributed by atoms with E-state index >= 15 is 0 Å². The molecule has 0 saturated carbocycles. The van der Waals surface area contributed by atoms with Gasteiger partial charge < -0.3 is 31.9 Å². The van der Waals surface area contributed by atoms with Crippen molar-refractivity contribution in [2.75, 3.05) is 36.8 Å². The van der Waals surface area contributed by atoms with Crippen LogP contribution in [0.5, 0.6) is 5.75 Å². The molecule has 6 heteroatoms. The van der Waals surface area contributed by atoms with Gasteiger partial charge in [0.15, 0.2) is 0 Å². The third-order valence-corrected chi connectivity index (χ3v) is 5.93. The zero-order valence-electron chi connectivity index (χ0n) is 18.7. The summed E-state index contributed by atoms with van der Waals surface area (Å²) >= 11 is 0. The molecular weight excluding hydrogens is 412 g/mol. The molecule has 4 rings (SSSR count). The fourth-order valence-corrected chi connectivity index (χ4v) is 4.03. The van der Waals surface area contributed by atoms with Gasteiger partial charge in [-0.1, -0.05) is 60.7 Å². The number of phenols is 1. The Bertz CT molecular complexity index is 1070. The van der Waals surface area contributed by atoms with E-state index in [1.807, 2.05) is 42.5 Å². The number of rotatable bonds is 10. The first-order valence-electron chi connectivity index (χ1n) is 11.4. The Hall–Kier alpha value is -3.32. The van der Waals surface area contributed by atoms with Crippen LogP contribution >= 0.6 is 0 Å². The standard InChI is InChI=1S/C27H32N4O2/c28-24(20-5-2-1-3-6-20)17-31-21-10-8-19(9-11-21)14-16-29-18-26(33)22-12-13-25(32)27-23(22)7-4-15-30-27/h1-13,24,26,29-33H,14-18,28H2/t24-,26+/m1/s1. The maximum absolute atomic E-state index is 10.7. The highest BCUT2D eigenvalue weighted by atomic mass is 16.3. The average Bonchev–Trinajstić information content (AvgIpc) is 2.86. The highest BCUT2D eigenvalue weighted by Gasteiger charge is 2.18. The van der Waals surface area contributed by atoms with Crippen molar-refractivity contribution in [3.63, 3.8) is 0 Å². The summed E-state index contributed by atoms with van der Waals surface area (Å²) in [5.41, 5.74) is 12.0. The highest BCUT2D eigenvalue weighted by Crippen LogP contribution is 2.35. The number of benzene rings is 3. The van der Waals surface area contributed by atoms with Gasteiger partial charge in [-0.3, -0.25) is 0 Å². The van der Waals surface area contributed by atoms with Crippen LogP contribution in [-0.2, 0) is 6.42 Å². The maximum Gasteiger partial charge on any atom is 0.139 e. The molecular formula is C27H32N4O2. The molecule has 0 amide bonds. The number of fused-ring (bicyclic) bond motifs is 1. The summed E-state index contributed by atoms with van der Waals surface area (Å²) < 4.78 is 0. The Morgan fingerprint density at radius 2 is 1.76 bits per heavy atom. The number of aliphatic hydroxyl groups is 1. The van der Waals surface area contributed by atoms with Crippen molar-refractivity contribution < 1.29 is 10.2 Å². The van der Waals surface area contributed by atoms with Gasteiger partial charge in [0.1, 0.15) is 5.75 Å². The number of aromatic hydroxyl groups is 1. The van der Waals surface area contributed by atoms with E-state index in [1.54, 1.807) is 12.1 Å². The van der Waals surface area contributed by atoms with Crippen LogP contribution in [0.15, 0.2) is 72.8 Å². The molecule has 33 heavy (non-hydrogen) atoms. The largest absolute Gasteiger partial charge is 0.506 e. The van der Waals surface area contributed by atoms with Gasteiger partial charge in [-0.2, -0.15) is 0 Å². The quantitative estimate of drug-likeness (QED) is 0.210. The predicted molar refractivity (Wildman–Crippen MR) is 135 cm³/mol. The normalized spacial score (nSPS) is 14.2. The topological polar surface area (TPSA) is 103 Å². The second-order valence-electron chi connectivity index (χ2n) is 8.31. The molecule has 0 aliphatic carbocycles. The van der Waals surface area contributed by atoms with Crippen molar-refractivity contribution in [3.8, 4) is 5.75 Å². The fraction of sp³-hybridized carbons (Fsp3) is 0.259. The minimum absolute atomic E-state index is 0.0491. The molecule has 1 aliphatic rings. The lowest BCUT2D eigenvalue weighted by Gasteiger charge is -2.21. The van der Waals surface area contributed by atoms with Crippen LogP contribution in [0.1, 0.15) is 34.4 Å². The SMILES string of the molecule is N[C@H](CNc1ccc(CCNC[C@H](O)c2ccc(O)c3c2C=CCN3)cc1)c1ccccc1. The second-order valence-corrected chi connectivity index (χ2v) is 8.31. The third kappa shape index (κ3) is 5.93. The summed E-state index contributed by atoms with van der Waals surface area (Å²) in [6.07, 6.45) is 4.15. The summed E-state index contributed by atoms with van der Waals surface area (Å²) in [6, 6.07) is 21.8. The smallest absolute Gasteiger partial charge is 0.139 e. The van der Waals surface area contributed by atoms with Crippen molar-refractivity contribution in [2.24, 2.45) is 5.73 Å². The molecule has 0 unspecified atom stereocenters.